The molecule has 0 saturated heterocycles. The zero-order valence-electron chi connectivity index (χ0n) is 12.7. The molecule has 0 aromatic heterocycles. The summed E-state index contributed by atoms with van der Waals surface area (Å²) in [6, 6.07) is 11.0. The molecule has 0 fully saturated rings. The van der Waals surface area contributed by atoms with E-state index in [1.807, 2.05) is 0 Å². The minimum atomic E-state index is 0.111. The molecular weight excluding hydrogens is 220 g/mol. The van der Waals surface area contributed by atoms with Gasteiger partial charge in [0, 0.05) is 23.7 Å². The number of nitrogens with one attached hydrogen (secondary N) is 2. The maximum atomic E-state index is 3.68. The van der Waals surface area contributed by atoms with Gasteiger partial charge in [0.05, 0.1) is 0 Å². The van der Waals surface area contributed by atoms with Crippen molar-refractivity contribution in [2.24, 2.45) is 0 Å². The van der Waals surface area contributed by atoms with Crippen molar-refractivity contribution < 1.29 is 0 Å². The van der Waals surface area contributed by atoms with Gasteiger partial charge >= 0.3 is 0 Å². The second kappa shape index (κ2) is 5.85. The highest BCUT2D eigenvalue weighted by Gasteiger charge is 2.20. The molecule has 0 bridgehead atoms. The second-order valence-electron chi connectivity index (χ2n) is 6.99. The first kappa shape index (κ1) is 15.2. The summed E-state index contributed by atoms with van der Waals surface area (Å²) in [6.07, 6.45) is 0. The van der Waals surface area contributed by atoms with Crippen LogP contribution in [-0.4, -0.2) is 17.6 Å². The van der Waals surface area contributed by atoms with E-state index in [4.69, 9.17) is 0 Å². The molecular formula is C16H28N2. The topological polar surface area (TPSA) is 24.1 Å². The molecule has 0 spiro atoms. The van der Waals surface area contributed by atoms with Gasteiger partial charge in [-0.05, 0) is 47.1 Å². The molecule has 0 unspecified atom stereocenters. The third kappa shape index (κ3) is 6.18. The van der Waals surface area contributed by atoms with Crippen LogP contribution < -0.4 is 10.6 Å². The van der Waals surface area contributed by atoms with E-state index in [-0.39, 0.29) is 11.1 Å². The van der Waals surface area contributed by atoms with Gasteiger partial charge in [-0.15, -0.1) is 0 Å². The fourth-order valence-electron chi connectivity index (χ4n) is 1.87. The van der Waals surface area contributed by atoms with E-state index in [0.29, 0.717) is 6.04 Å². The van der Waals surface area contributed by atoms with Crippen LogP contribution in [0, 0.1) is 0 Å². The van der Waals surface area contributed by atoms with Crippen molar-refractivity contribution in [3.63, 3.8) is 0 Å². The lowest BCUT2D eigenvalue weighted by molar-refractivity contribution is 0.322. The molecule has 2 heteroatoms. The van der Waals surface area contributed by atoms with Crippen LogP contribution in [0.1, 0.15) is 53.1 Å². The molecule has 0 heterocycles. The number of rotatable bonds is 4. The summed E-state index contributed by atoms with van der Waals surface area (Å²) < 4.78 is 0. The summed E-state index contributed by atoms with van der Waals surface area (Å²) in [5.74, 6) is 0. The molecule has 0 amide bonds. The first-order chi connectivity index (χ1) is 8.17. The average molecular weight is 248 g/mol. The first-order valence-corrected chi connectivity index (χ1v) is 6.75. The molecule has 1 aromatic rings. The van der Waals surface area contributed by atoms with E-state index in [0.717, 1.165) is 6.54 Å². The van der Waals surface area contributed by atoms with Crippen molar-refractivity contribution >= 4 is 0 Å². The Morgan fingerprint density at radius 1 is 0.889 bits per heavy atom. The van der Waals surface area contributed by atoms with Gasteiger partial charge in [0.2, 0.25) is 0 Å². The maximum Gasteiger partial charge on any atom is 0.0450 e. The molecule has 102 valence electrons. The largest absolute Gasteiger partial charge is 0.310 e. The maximum absolute atomic E-state index is 3.68. The highest BCUT2D eigenvalue weighted by Crippen LogP contribution is 2.17. The predicted molar refractivity (Wildman–Crippen MR) is 79.8 cm³/mol. The van der Waals surface area contributed by atoms with E-state index in [1.54, 1.807) is 0 Å². The van der Waals surface area contributed by atoms with E-state index in [1.165, 1.54) is 5.56 Å². The third-order valence-corrected chi connectivity index (χ3v) is 2.65. The predicted octanol–water partition coefficient (Wildman–Crippen LogP) is 3.50. The monoisotopic (exact) mass is 248 g/mol. The summed E-state index contributed by atoms with van der Waals surface area (Å²) >= 11 is 0. The van der Waals surface area contributed by atoms with Gasteiger partial charge in [0.1, 0.15) is 0 Å². The van der Waals surface area contributed by atoms with Crippen LogP contribution in [0.2, 0.25) is 0 Å². The van der Waals surface area contributed by atoms with Crippen molar-refractivity contribution in [3.05, 3.63) is 35.9 Å². The lowest BCUT2D eigenvalue weighted by atomic mass is 10.0. The van der Waals surface area contributed by atoms with Crippen molar-refractivity contribution in [1.29, 1.82) is 0 Å². The Labute approximate surface area is 112 Å². The number of hydrogen-bond donors (Lipinski definition) is 2. The Kier molecular flexibility index (Phi) is 4.94. The summed E-state index contributed by atoms with van der Waals surface area (Å²) in [7, 11) is 0. The fourth-order valence-corrected chi connectivity index (χ4v) is 1.87. The van der Waals surface area contributed by atoms with Crippen LogP contribution in [0.3, 0.4) is 0 Å². The molecule has 0 aliphatic carbocycles. The van der Waals surface area contributed by atoms with Crippen LogP contribution in [0.15, 0.2) is 30.3 Å². The molecule has 0 aliphatic heterocycles. The van der Waals surface area contributed by atoms with Crippen molar-refractivity contribution in [2.45, 2.75) is 58.7 Å². The minimum Gasteiger partial charge on any atom is -0.310 e. The summed E-state index contributed by atoms with van der Waals surface area (Å²) in [5, 5.41) is 7.26. The number of benzene rings is 1. The molecule has 1 rings (SSSR count). The molecule has 0 saturated carbocycles. The lowest BCUT2D eigenvalue weighted by Gasteiger charge is -2.32. The smallest absolute Gasteiger partial charge is 0.0450 e. The zero-order chi connectivity index (χ0) is 13.8. The summed E-state index contributed by atoms with van der Waals surface area (Å²) in [5.41, 5.74) is 1.59. The van der Waals surface area contributed by atoms with Gasteiger partial charge in [-0.25, -0.2) is 0 Å². The summed E-state index contributed by atoms with van der Waals surface area (Å²) in [4.78, 5) is 0. The van der Waals surface area contributed by atoms with Gasteiger partial charge in [-0.2, -0.15) is 0 Å². The van der Waals surface area contributed by atoms with Crippen molar-refractivity contribution in [1.82, 2.24) is 10.6 Å². The SMILES string of the molecule is CC(C)(C)NC[C@@H](NC(C)(C)C)c1ccccc1. The van der Waals surface area contributed by atoms with Gasteiger partial charge in [-0.3, -0.25) is 0 Å². The van der Waals surface area contributed by atoms with Crippen molar-refractivity contribution in [2.75, 3.05) is 6.54 Å². The van der Waals surface area contributed by atoms with E-state index < -0.39 is 0 Å². The average Bonchev–Trinajstić information content (AvgIpc) is 2.23. The zero-order valence-corrected chi connectivity index (χ0v) is 12.7. The first-order valence-electron chi connectivity index (χ1n) is 6.75. The molecule has 1 atom stereocenters. The Morgan fingerprint density at radius 3 is 1.89 bits per heavy atom. The molecule has 0 radical (unpaired) electrons. The molecule has 2 nitrogen and oxygen atoms in total. The fraction of sp³-hybridized carbons (Fsp3) is 0.625. The van der Waals surface area contributed by atoms with Crippen LogP contribution in [0.25, 0.3) is 0 Å². The van der Waals surface area contributed by atoms with Gasteiger partial charge < -0.3 is 10.6 Å². The Morgan fingerprint density at radius 2 is 1.44 bits per heavy atom. The highest BCUT2D eigenvalue weighted by molar-refractivity contribution is 5.19. The Bertz CT molecular complexity index is 344. The van der Waals surface area contributed by atoms with Crippen LogP contribution >= 0.6 is 0 Å². The van der Waals surface area contributed by atoms with Crippen LogP contribution in [-0.2, 0) is 0 Å². The summed E-state index contributed by atoms with van der Waals surface area (Å²) in [6.45, 7) is 14.2. The number of hydrogen-bond acceptors (Lipinski definition) is 2. The Hall–Kier alpha value is -0.860. The van der Waals surface area contributed by atoms with E-state index in [9.17, 15) is 0 Å². The molecule has 0 aliphatic rings. The van der Waals surface area contributed by atoms with Gasteiger partial charge in [0.15, 0.2) is 0 Å². The van der Waals surface area contributed by atoms with Gasteiger partial charge in [-0.1, -0.05) is 30.3 Å². The van der Waals surface area contributed by atoms with E-state index in [2.05, 4.69) is 82.5 Å². The van der Waals surface area contributed by atoms with Crippen LogP contribution in [0.4, 0.5) is 0 Å². The third-order valence-electron chi connectivity index (χ3n) is 2.65. The van der Waals surface area contributed by atoms with E-state index >= 15 is 0 Å². The quantitative estimate of drug-likeness (QED) is 0.852. The molecule has 1 aromatic carbocycles. The standard InChI is InChI=1S/C16H28N2/c1-15(2,3)17-12-14(18-16(4,5)6)13-10-8-7-9-11-13/h7-11,14,17-18H,12H2,1-6H3/t14-/m1/s1. The lowest BCUT2D eigenvalue weighted by Crippen LogP contribution is -2.46. The van der Waals surface area contributed by atoms with Crippen LogP contribution in [0.5, 0.6) is 0 Å². The Balaban J connectivity index is 2.76. The highest BCUT2D eigenvalue weighted by atomic mass is 15.1. The minimum absolute atomic E-state index is 0.111. The van der Waals surface area contributed by atoms with Crippen molar-refractivity contribution in [3.8, 4) is 0 Å². The second-order valence-corrected chi connectivity index (χ2v) is 6.99. The molecule has 2 N–H and O–H groups in total. The normalized spacial score (nSPS) is 14.6. The van der Waals surface area contributed by atoms with Gasteiger partial charge in [0.25, 0.3) is 0 Å². The molecule has 18 heavy (non-hydrogen) atoms.